The van der Waals surface area contributed by atoms with Crippen molar-refractivity contribution in [1.29, 1.82) is 0 Å². The lowest BCUT2D eigenvalue weighted by molar-refractivity contribution is 0.601. The molecule has 3 rings (SSSR count). The van der Waals surface area contributed by atoms with Crippen LogP contribution in [0.1, 0.15) is 5.56 Å². The second-order valence-electron chi connectivity index (χ2n) is 5.12. The van der Waals surface area contributed by atoms with Crippen LogP contribution in [0.2, 0.25) is 0 Å². The molecule has 0 unspecified atom stereocenters. The minimum atomic E-state index is -3.55. The van der Waals surface area contributed by atoms with Gasteiger partial charge in [-0.05, 0) is 43.3 Å². The number of hydrogen-bond donors (Lipinski definition) is 1. The largest absolute Gasteiger partial charge is 0.351 e. The second kappa shape index (κ2) is 4.93. The molecule has 0 bridgehead atoms. The molecule has 21 heavy (non-hydrogen) atoms. The third-order valence-electron chi connectivity index (χ3n) is 3.47. The van der Waals surface area contributed by atoms with E-state index in [1.165, 1.54) is 0 Å². The molecule has 5 heteroatoms. The molecule has 0 spiro atoms. The van der Waals surface area contributed by atoms with Crippen LogP contribution in [0.25, 0.3) is 10.9 Å². The summed E-state index contributed by atoms with van der Waals surface area (Å²) in [6.07, 6.45) is 1.95. The number of fused-ring (bicyclic) bond motifs is 1. The van der Waals surface area contributed by atoms with Crippen LogP contribution in [-0.2, 0) is 17.1 Å². The lowest BCUT2D eigenvalue weighted by Gasteiger charge is -2.09. The summed E-state index contributed by atoms with van der Waals surface area (Å²) in [5, 5.41) is 1.00. The lowest BCUT2D eigenvalue weighted by Crippen LogP contribution is -2.12. The summed E-state index contributed by atoms with van der Waals surface area (Å²) in [5.41, 5.74) is 2.65. The smallest absolute Gasteiger partial charge is 0.261 e. The number of benzene rings is 2. The van der Waals surface area contributed by atoms with Gasteiger partial charge < -0.3 is 4.57 Å². The predicted molar refractivity (Wildman–Crippen MR) is 84.9 cm³/mol. The third kappa shape index (κ3) is 2.64. The maximum absolute atomic E-state index is 12.3. The number of aryl methyl sites for hydroxylation is 2. The van der Waals surface area contributed by atoms with E-state index in [2.05, 4.69) is 4.72 Å². The maximum Gasteiger partial charge on any atom is 0.261 e. The summed E-state index contributed by atoms with van der Waals surface area (Å²) in [6, 6.07) is 14.3. The molecule has 0 aliphatic heterocycles. The monoisotopic (exact) mass is 300 g/mol. The molecule has 0 saturated heterocycles. The van der Waals surface area contributed by atoms with Gasteiger partial charge in [0.2, 0.25) is 0 Å². The molecule has 1 aromatic heterocycles. The number of aromatic nitrogens is 1. The zero-order valence-corrected chi connectivity index (χ0v) is 12.7. The number of sulfonamides is 1. The third-order valence-corrected chi connectivity index (χ3v) is 4.87. The summed E-state index contributed by atoms with van der Waals surface area (Å²) in [4.78, 5) is 0.265. The van der Waals surface area contributed by atoms with E-state index in [0.717, 1.165) is 16.5 Å². The van der Waals surface area contributed by atoms with E-state index < -0.39 is 10.0 Å². The molecule has 0 atom stereocenters. The van der Waals surface area contributed by atoms with E-state index in [9.17, 15) is 8.42 Å². The van der Waals surface area contributed by atoms with Crippen LogP contribution in [0.15, 0.2) is 59.6 Å². The number of anilines is 1. The van der Waals surface area contributed by atoms with Crippen molar-refractivity contribution in [2.45, 2.75) is 11.8 Å². The molecule has 0 radical (unpaired) electrons. The fraction of sp³-hybridized carbons (Fsp3) is 0.125. The van der Waals surface area contributed by atoms with Gasteiger partial charge in [0.15, 0.2) is 0 Å². The van der Waals surface area contributed by atoms with Gasteiger partial charge in [-0.3, -0.25) is 4.72 Å². The number of nitrogens with zero attached hydrogens (tertiary/aromatic N) is 1. The molecule has 0 saturated carbocycles. The minimum Gasteiger partial charge on any atom is -0.351 e. The van der Waals surface area contributed by atoms with Crippen molar-refractivity contribution in [3.8, 4) is 0 Å². The zero-order valence-electron chi connectivity index (χ0n) is 11.9. The van der Waals surface area contributed by atoms with Gasteiger partial charge in [0.05, 0.1) is 4.90 Å². The predicted octanol–water partition coefficient (Wildman–Crippen LogP) is 3.29. The zero-order chi connectivity index (χ0) is 15.0. The van der Waals surface area contributed by atoms with Crippen LogP contribution in [0.5, 0.6) is 0 Å². The molecule has 0 fully saturated rings. The Balaban J connectivity index is 1.95. The van der Waals surface area contributed by atoms with Crippen molar-refractivity contribution in [1.82, 2.24) is 4.57 Å². The van der Waals surface area contributed by atoms with Crippen LogP contribution in [0, 0.1) is 6.92 Å². The quantitative estimate of drug-likeness (QED) is 0.807. The Labute approximate surface area is 124 Å². The van der Waals surface area contributed by atoms with Gasteiger partial charge in [-0.25, -0.2) is 8.42 Å². The Hall–Kier alpha value is -2.27. The summed E-state index contributed by atoms with van der Waals surface area (Å²) < 4.78 is 29.3. The van der Waals surface area contributed by atoms with Crippen LogP contribution in [0.4, 0.5) is 5.69 Å². The van der Waals surface area contributed by atoms with Gasteiger partial charge in [-0.15, -0.1) is 0 Å². The van der Waals surface area contributed by atoms with Crippen molar-refractivity contribution in [2.24, 2.45) is 7.05 Å². The van der Waals surface area contributed by atoms with Crippen LogP contribution < -0.4 is 4.72 Å². The first-order chi connectivity index (χ1) is 9.95. The van der Waals surface area contributed by atoms with Crippen molar-refractivity contribution < 1.29 is 8.42 Å². The SMILES string of the molecule is Cc1ccc(S(=O)(=O)Nc2ccc3c(ccn3C)c2)cc1. The fourth-order valence-electron chi connectivity index (χ4n) is 2.28. The van der Waals surface area contributed by atoms with E-state index in [1.807, 2.05) is 42.9 Å². The summed E-state index contributed by atoms with van der Waals surface area (Å²) in [7, 11) is -1.59. The molecule has 0 aliphatic carbocycles. The van der Waals surface area contributed by atoms with Gasteiger partial charge >= 0.3 is 0 Å². The highest BCUT2D eigenvalue weighted by atomic mass is 32.2. The normalized spacial score (nSPS) is 11.7. The van der Waals surface area contributed by atoms with Crippen molar-refractivity contribution in [2.75, 3.05) is 4.72 Å². The second-order valence-corrected chi connectivity index (χ2v) is 6.80. The highest BCUT2D eigenvalue weighted by Crippen LogP contribution is 2.22. The molecule has 3 aromatic rings. The van der Waals surface area contributed by atoms with E-state index in [1.54, 1.807) is 30.3 Å². The first-order valence-corrected chi connectivity index (χ1v) is 8.09. The van der Waals surface area contributed by atoms with Crippen molar-refractivity contribution >= 4 is 26.6 Å². The van der Waals surface area contributed by atoms with Gasteiger partial charge in [-0.2, -0.15) is 0 Å². The van der Waals surface area contributed by atoms with E-state index in [-0.39, 0.29) is 4.90 Å². The Morgan fingerprint density at radius 1 is 1.00 bits per heavy atom. The fourth-order valence-corrected chi connectivity index (χ4v) is 3.33. The summed E-state index contributed by atoms with van der Waals surface area (Å²) in [5.74, 6) is 0. The number of hydrogen-bond acceptors (Lipinski definition) is 2. The van der Waals surface area contributed by atoms with Crippen LogP contribution in [-0.4, -0.2) is 13.0 Å². The Morgan fingerprint density at radius 2 is 1.71 bits per heavy atom. The molecule has 108 valence electrons. The van der Waals surface area contributed by atoms with Crippen molar-refractivity contribution in [3.05, 3.63) is 60.3 Å². The molecule has 1 N–H and O–H groups in total. The van der Waals surface area contributed by atoms with Gasteiger partial charge in [0.25, 0.3) is 10.0 Å². The van der Waals surface area contributed by atoms with Gasteiger partial charge in [-0.1, -0.05) is 17.7 Å². The molecule has 0 amide bonds. The minimum absolute atomic E-state index is 0.265. The van der Waals surface area contributed by atoms with Gasteiger partial charge in [0.1, 0.15) is 0 Å². The standard InChI is InChI=1S/C16H16N2O2S/c1-12-3-6-15(7-4-12)21(19,20)17-14-5-8-16-13(11-14)9-10-18(16)2/h3-11,17H,1-2H3. The highest BCUT2D eigenvalue weighted by Gasteiger charge is 2.14. The molecule has 2 aromatic carbocycles. The molecule has 0 aliphatic rings. The summed E-state index contributed by atoms with van der Waals surface area (Å²) >= 11 is 0. The molecular formula is C16H16N2O2S. The van der Waals surface area contributed by atoms with E-state index in [0.29, 0.717) is 5.69 Å². The topological polar surface area (TPSA) is 51.1 Å². The molecular weight excluding hydrogens is 284 g/mol. The average Bonchev–Trinajstić information content (AvgIpc) is 2.80. The van der Waals surface area contributed by atoms with Gasteiger partial charge in [0, 0.05) is 29.8 Å². The van der Waals surface area contributed by atoms with Crippen LogP contribution >= 0.6 is 0 Å². The highest BCUT2D eigenvalue weighted by molar-refractivity contribution is 7.92. The van der Waals surface area contributed by atoms with Crippen LogP contribution in [0.3, 0.4) is 0 Å². The Bertz CT molecular complexity index is 894. The average molecular weight is 300 g/mol. The first-order valence-electron chi connectivity index (χ1n) is 6.60. The number of nitrogens with one attached hydrogen (secondary N) is 1. The Kier molecular flexibility index (Phi) is 3.22. The Morgan fingerprint density at radius 3 is 2.43 bits per heavy atom. The molecule has 4 nitrogen and oxygen atoms in total. The van der Waals surface area contributed by atoms with E-state index >= 15 is 0 Å². The van der Waals surface area contributed by atoms with Crippen molar-refractivity contribution in [3.63, 3.8) is 0 Å². The summed E-state index contributed by atoms with van der Waals surface area (Å²) in [6.45, 7) is 1.92. The first kappa shape index (κ1) is 13.7. The lowest BCUT2D eigenvalue weighted by atomic mass is 10.2. The number of rotatable bonds is 3. The molecule has 1 heterocycles. The van der Waals surface area contributed by atoms with E-state index in [4.69, 9.17) is 0 Å². The maximum atomic E-state index is 12.3.